The van der Waals surface area contributed by atoms with Gasteiger partial charge < -0.3 is 15.5 Å². The molecular formula is C22H19N3O2. The maximum atomic E-state index is 11.5. The van der Waals surface area contributed by atoms with E-state index in [-0.39, 0.29) is 5.69 Å². The molecule has 2 aromatic carbocycles. The summed E-state index contributed by atoms with van der Waals surface area (Å²) < 4.78 is 5.35. The van der Waals surface area contributed by atoms with Crippen LogP contribution in [-0.4, -0.2) is 23.0 Å². The Morgan fingerprint density at radius 3 is 2.63 bits per heavy atom. The number of carbonyl (C=O) groups is 1. The number of hydrogen-bond donors (Lipinski definition) is 2. The normalized spacial score (nSPS) is 10.9. The van der Waals surface area contributed by atoms with Crippen LogP contribution in [0.1, 0.15) is 21.7 Å². The first-order valence-electron chi connectivity index (χ1n) is 8.65. The van der Waals surface area contributed by atoms with Crippen molar-refractivity contribution in [3.8, 4) is 17.0 Å². The molecule has 0 bridgehead atoms. The van der Waals surface area contributed by atoms with Crippen molar-refractivity contribution >= 4 is 16.8 Å². The van der Waals surface area contributed by atoms with Gasteiger partial charge in [0.05, 0.1) is 12.8 Å². The Morgan fingerprint density at radius 1 is 1.07 bits per heavy atom. The zero-order valence-corrected chi connectivity index (χ0v) is 14.9. The number of hydrogen-bond acceptors (Lipinski definition) is 3. The third-order valence-corrected chi connectivity index (χ3v) is 4.59. The number of pyridine rings is 1. The molecule has 0 aliphatic heterocycles. The number of benzene rings is 2. The van der Waals surface area contributed by atoms with Crippen molar-refractivity contribution in [3.63, 3.8) is 0 Å². The van der Waals surface area contributed by atoms with Crippen molar-refractivity contribution in [3.05, 3.63) is 83.7 Å². The van der Waals surface area contributed by atoms with Crippen molar-refractivity contribution in [1.82, 2.24) is 9.97 Å². The van der Waals surface area contributed by atoms with E-state index in [2.05, 4.69) is 22.1 Å². The number of ether oxygens (including phenoxy) is 1. The molecule has 0 aliphatic carbocycles. The fourth-order valence-corrected chi connectivity index (χ4v) is 3.29. The molecule has 27 heavy (non-hydrogen) atoms. The molecule has 3 N–H and O–H groups in total. The lowest BCUT2D eigenvalue weighted by molar-refractivity contribution is 0.0995. The summed E-state index contributed by atoms with van der Waals surface area (Å²) in [6.07, 6.45) is 0.581. The number of fused-ring (bicyclic) bond motifs is 1. The summed E-state index contributed by atoms with van der Waals surface area (Å²) >= 11 is 0. The minimum absolute atomic E-state index is 0.273. The van der Waals surface area contributed by atoms with Crippen molar-refractivity contribution in [2.75, 3.05) is 7.11 Å². The number of nitrogens with one attached hydrogen (secondary N) is 1. The van der Waals surface area contributed by atoms with Gasteiger partial charge in [-0.3, -0.25) is 4.79 Å². The van der Waals surface area contributed by atoms with E-state index in [1.165, 1.54) is 0 Å². The van der Waals surface area contributed by atoms with Crippen molar-refractivity contribution < 1.29 is 9.53 Å². The van der Waals surface area contributed by atoms with Crippen molar-refractivity contribution in [2.45, 2.75) is 6.42 Å². The molecule has 0 radical (unpaired) electrons. The fraction of sp³-hybridized carbons (Fsp3) is 0.0909. The highest BCUT2D eigenvalue weighted by Crippen LogP contribution is 2.33. The second-order valence-corrected chi connectivity index (χ2v) is 6.31. The minimum atomic E-state index is -0.524. The molecule has 2 heterocycles. The van der Waals surface area contributed by atoms with Gasteiger partial charge in [-0.1, -0.05) is 36.4 Å². The number of amides is 1. The summed E-state index contributed by atoms with van der Waals surface area (Å²) in [7, 11) is 1.66. The summed E-state index contributed by atoms with van der Waals surface area (Å²) in [5.74, 6) is 0.271. The Hall–Kier alpha value is -3.60. The molecule has 0 atom stereocenters. The van der Waals surface area contributed by atoms with Gasteiger partial charge in [0.25, 0.3) is 5.91 Å². The summed E-state index contributed by atoms with van der Waals surface area (Å²) in [6, 6.07) is 21.5. The van der Waals surface area contributed by atoms with Gasteiger partial charge in [-0.05, 0) is 35.4 Å². The molecule has 0 saturated heterocycles. The number of primary amides is 1. The van der Waals surface area contributed by atoms with E-state index in [4.69, 9.17) is 10.5 Å². The van der Waals surface area contributed by atoms with Gasteiger partial charge in [0.15, 0.2) is 0 Å². The molecule has 134 valence electrons. The Balaban J connectivity index is 1.87. The summed E-state index contributed by atoms with van der Waals surface area (Å²) in [5.41, 5.74) is 10.7. The first-order valence-corrected chi connectivity index (χ1v) is 8.65. The first-order chi connectivity index (χ1) is 13.2. The maximum absolute atomic E-state index is 11.5. The lowest BCUT2D eigenvalue weighted by atomic mass is 10.0. The SMILES string of the molecule is COc1ccc2c(Cc3cccc(C(N)=O)n3)c(-c3ccccc3)[nH]c2c1. The Labute approximate surface area is 156 Å². The van der Waals surface area contributed by atoms with Crippen LogP contribution in [0.5, 0.6) is 5.75 Å². The van der Waals surface area contributed by atoms with Crippen LogP contribution in [0.2, 0.25) is 0 Å². The van der Waals surface area contributed by atoms with Gasteiger partial charge in [0.2, 0.25) is 0 Å². The van der Waals surface area contributed by atoms with Crippen LogP contribution in [0.25, 0.3) is 22.2 Å². The average molecular weight is 357 g/mol. The Morgan fingerprint density at radius 2 is 1.89 bits per heavy atom. The number of nitrogens with zero attached hydrogens (tertiary/aromatic N) is 1. The third kappa shape index (κ3) is 3.27. The van der Waals surface area contributed by atoms with Crippen molar-refractivity contribution in [2.24, 2.45) is 5.73 Å². The molecule has 4 aromatic rings. The highest BCUT2D eigenvalue weighted by atomic mass is 16.5. The van der Waals surface area contributed by atoms with E-state index < -0.39 is 5.91 Å². The van der Waals surface area contributed by atoms with E-state index in [1.54, 1.807) is 13.2 Å². The molecular weight excluding hydrogens is 338 g/mol. The molecule has 0 unspecified atom stereocenters. The standard InChI is InChI=1S/C22H19N3O2/c1-27-16-10-11-17-18(12-15-8-5-9-19(24-15)22(23)26)21(25-20(17)13-16)14-6-3-2-4-7-14/h2-11,13,25H,12H2,1H3,(H2,23,26). The molecule has 5 heteroatoms. The van der Waals surface area contributed by atoms with E-state index in [1.807, 2.05) is 48.5 Å². The van der Waals surface area contributed by atoms with Crippen LogP contribution in [0.4, 0.5) is 0 Å². The zero-order valence-electron chi connectivity index (χ0n) is 14.9. The summed E-state index contributed by atoms with van der Waals surface area (Å²) in [6.45, 7) is 0. The van der Waals surface area contributed by atoms with E-state index in [0.29, 0.717) is 6.42 Å². The second kappa shape index (κ2) is 6.96. The quantitative estimate of drug-likeness (QED) is 0.568. The van der Waals surface area contributed by atoms with Crippen LogP contribution in [-0.2, 0) is 6.42 Å². The number of methoxy groups -OCH3 is 1. The highest BCUT2D eigenvalue weighted by molar-refractivity contribution is 5.92. The molecule has 1 amide bonds. The molecule has 0 fully saturated rings. The number of carbonyl (C=O) groups excluding carboxylic acids is 1. The maximum Gasteiger partial charge on any atom is 0.267 e. The molecule has 2 aromatic heterocycles. The number of aromatic amines is 1. The van der Waals surface area contributed by atoms with Gasteiger partial charge in [-0.2, -0.15) is 0 Å². The molecule has 0 spiro atoms. The van der Waals surface area contributed by atoms with Crippen LogP contribution >= 0.6 is 0 Å². The number of rotatable bonds is 5. The van der Waals surface area contributed by atoms with Crippen LogP contribution in [0, 0.1) is 0 Å². The Bertz CT molecular complexity index is 1120. The van der Waals surface area contributed by atoms with Crippen molar-refractivity contribution in [1.29, 1.82) is 0 Å². The lowest BCUT2D eigenvalue weighted by Crippen LogP contribution is -2.13. The monoisotopic (exact) mass is 357 g/mol. The topological polar surface area (TPSA) is 81.0 Å². The molecule has 4 rings (SSSR count). The third-order valence-electron chi connectivity index (χ3n) is 4.59. The van der Waals surface area contributed by atoms with E-state index in [9.17, 15) is 4.79 Å². The Kier molecular flexibility index (Phi) is 4.34. The fourth-order valence-electron chi connectivity index (χ4n) is 3.29. The minimum Gasteiger partial charge on any atom is -0.497 e. The van der Waals surface area contributed by atoms with E-state index in [0.717, 1.165) is 39.2 Å². The summed E-state index contributed by atoms with van der Waals surface area (Å²) in [5, 5.41) is 1.10. The predicted molar refractivity (Wildman–Crippen MR) is 106 cm³/mol. The number of nitrogens with two attached hydrogens (primary N) is 1. The smallest absolute Gasteiger partial charge is 0.267 e. The predicted octanol–water partition coefficient (Wildman–Crippen LogP) is 3.93. The number of H-pyrrole nitrogens is 1. The lowest BCUT2D eigenvalue weighted by Gasteiger charge is -2.06. The van der Waals surface area contributed by atoms with Gasteiger partial charge >= 0.3 is 0 Å². The average Bonchev–Trinajstić information content (AvgIpc) is 3.06. The second-order valence-electron chi connectivity index (χ2n) is 6.31. The zero-order chi connectivity index (χ0) is 18.8. The molecule has 0 aliphatic rings. The van der Waals surface area contributed by atoms with Crippen LogP contribution in [0.15, 0.2) is 66.7 Å². The molecule has 5 nitrogen and oxygen atoms in total. The first kappa shape index (κ1) is 16.8. The van der Waals surface area contributed by atoms with Crippen LogP contribution in [0.3, 0.4) is 0 Å². The summed E-state index contributed by atoms with van der Waals surface area (Å²) in [4.78, 5) is 19.4. The van der Waals surface area contributed by atoms with Crippen LogP contribution < -0.4 is 10.5 Å². The highest BCUT2D eigenvalue weighted by Gasteiger charge is 2.15. The largest absolute Gasteiger partial charge is 0.497 e. The van der Waals surface area contributed by atoms with Gasteiger partial charge in [-0.25, -0.2) is 4.98 Å². The van der Waals surface area contributed by atoms with Gasteiger partial charge in [0.1, 0.15) is 11.4 Å². The number of aromatic nitrogens is 2. The van der Waals surface area contributed by atoms with Gasteiger partial charge in [-0.15, -0.1) is 0 Å². The van der Waals surface area contributed by atoms with Gasteiger partial charge in [0, 0.05) is 29.1 Å². The molecule has 0 saturated carbocycles. The van der Waals surface area contributed by atoms with E-state index >= 15 is 0 Å².